The Bertz CT molecular complexity index is 1220. The van der Waals surface area contributed by atoms with Crippen molar-refractivity contribution >= 4 is 22.9 Å². The molecule has 3 heterocycles. The van der Waals surface area contributed by atoms with Crippen LogP contribution in [0.15, 0.2) is 47.4 Å². The highest BCUT2D eigenvalue weighted by Gasteiger charge is 2.28. The number of pyridine rings is 1. The van der Waals surface area contributed by atoms with E-state index in [1.807, 2.05) is 48.2 Å². The van der Waals surface area contributed by atoms with Gasteiger partial charge in [0.25, 0.3) is 5.56 Å². The molecule has 1 fully saturated rings. The number of rotatable bonds is 10. The summed E-state index contributed by atoms with van der Waals surface area (Å²) in [7, 11) is 0. The largest absolute Gasteiger partial charge is 0.356 e. The second kappa shape index (κ2) is 12.1. The molecule has 2 aromatic heterocycles. The Kier molecular flexibility index (Phi) is 8.70. The lowest BCUT2D eigenvalue weighted by Crippen LogP contribution is -2.46. The monoisotopic (exact) mass is 490 g/mol. The molecular formula is C28H38N6O2. The minimum absolute atomic E-state index is 0.0710. The molecule has 4 rings (SSSR count). The number of amides is 1. The third kappa shape index (κ3) is 6.10. The van der Waals surface area contributed by atoms with Crippen LogP contribution in [0.5, 0.6) is 0 Å². The van der Waals surface area contributed by atoms with Crippen molar-refractivity contribution < 1.29 is 4.79 Å². The summed E-state index contributed by atoms with van der Waals surface area (Å²) >= 11 is 0. The normalized spacial score (nSPS) is 16.0. The molecule has 0 spiro atoms. The van der Waals surface area contributed by atoms with Crippen molar-refractivity contribution in [2.24, 2.45) is 5.92 Å². The van der Waals surface area contributed by atoms with Crippen LogP contribution in [0, 0.1) is 12.8 Å². The molecule has 1 aliphatic rings. The summed E-state index contributed by atoms with van der Waals surface area (Å²) in [4.78, 5) is 40.1. The maximum Gasteiger partial charge on any atom is 0.295 e. The van der Waals surface area contributed by atoms with Gasteiger partial charge < -0.3 is 15.1 Å². The van der Waals surface area contributed by atoms with Gasteiger partial charge in [0.15, 0.2) is 11.5 Å². The second-order valence-corrected chi connectivity index (χ2v) is 9.62. The Morgan fingerprint density at radius 1 is 1.17 bits per heavy atom. The summed E-state index contributed by atoms with van der Waals surface area (Å²) in [5, 5.41) is 3.11. The van der Waals surface area contributed by atoms with Gasteiger partial charge in [0.2, 0.25) is 5.91 Å². The third-order valence-corrected chi connectivity index (χ3v) is 7.08. The van der Waals surface area contributed by atoms with Gasteiger partial charge in [0.05, 0.1) is 12.5 Å². The quantitative estimate of drug-likeness (QED) is 0.440. The molecule has 1 aromatic carbocycles. The summed E-state index contributed by atoms with van der Waals surface area (Å²) in [6, 6.07) is 11.9. The van der Waals surface area contributed by atoms with Gasteiger partial charge in [-0.25, -0.2) is 9.97 Å². The standard InChI is InChI=1S/C28H38N6O2/c1-4-32(5-2)17-8-16-30-27(35)23-9-7-18-33(20-23)26-28(36)34(19-22-13-11-21(3)12-14-22)25-24(31-26)10-6-15-29-25/h6,10-15,23H,4-5,7-9,16-20H2,1-3H3,(H,30,35). The fourth-order valence-electron chi connectivity index (χ4n) is 4.87. The maximum atomic E-state index is 13.7. The molecule has 3 aromatic rings. The van der Waals surface area contributed by atoms with Crippen LogP contribution < -0.4 is 15.8 Å². The molecule has 8 nitrogen and oxygen atoms in total. The van der Waals surface area contributed by atoms with Gasteiger partial charge in [0, 0.05) is 25.8 Å². The lowest BCUT2D eigenvalue weighted by Gasteiger charge is -2.32. The number of piperidine rings is 1. The number of fused-ring (bicyclic) bond motifs is 1. The number of hydrogen-bond donors (Lipinski definition) is 1. The van der Waals surface area contributed by atoms with Gasteiger partial charge in [-0.3, -0.25) is 14.2 Å². The molecule has 192 valence electrons. The zero-order chi connectivity index (χ0) is 25.5. The average Bonchev–Trinajstić information content (AvgIpc) is 2.91. The topological polar surface area (TPSA) is 83.4 Å². The Hall–Kier alpha value is -3.26. The lowest BCUT2D eigenvalue weighted by atomic mass is 9.97. The van der Waals surface area contributed by atoms with Crippen LogP contribution in [0.4, 0.5) is 5.82 Å². The Morgan fingerprint density at radius 3 is 2.69 bits per heavy atom. The van der Waals surface area contributed by atoms with E-state index >= 15 is 0 Å². The number of nitrogens with one attached hydrogen (secondary N) is 1. The number of carbonyl (C=O) groups is 1. The fraction of sp³-hybridized carbons (Fsp3) is 0.500. The van der Waals surface area contributed by atoms with Crippen LogP contribution in [0.25, 0.3) is 11.2 Å². The Morgan fingerprint density at radius 2 is 1.94 bits per heavy atom. The minimum atomic E-state index is -0.165. The first-order valence-electron chi connectivity index (χ1n) is 13.2. The van der Waals surface area contributed by atoms with E-state index in [0.717, 1.165) is 44.5 Å². The first kappa shape index (κ1) is 25.8. The third-order valence-electron chi connectivity index (χ3n) is 7.08. The van der Waals surface area contributed by atoms with Crippen molar-refractivity contribution in [3.8, 4) is 0 Å². The predicted molar refractivity (Wildman–Crippen MR) is 144 cm³/mol. The van der Waals surface area contributed by atoms with E-state index in [-0.39, 0.29) is 17.4 Å². The zero-order valence-electron chi connectivity index (χ0n) is 21.7. The first-order valence-corrected chi connectivity index (χ1v) is 13.2. The Balaban J connectivity index is 1.51. The molecule has 0 bridgehead atoms. The molecule has 8 heteroatoms. The highest BCUT2D eigenvalue weighted by atomic mass is 16.2. The zero-order valence-corrected chi connectivity index (χ0v) is 21.7. The lowest BCUT2D eigenvalue weighted by molar-refractivity contribution is -0.125. The number of anilines is 1. The summed E-state index contributed by atoms with van der Waals surface area (Å²) < 4.78 is 1.71. The summed E-state index contributed by atoms with van der Waals surface area (Å²) in [5.41, 5.74) is 3.30. The number of carbonyl (C=O) groups excluding carboxylic acids is 1. The molecule has 1 atom stereocenters. The molecule has 1 aliphatic heterocycles. The summed E-state index contributed by atoms with van der Waals surface area (Å²) in [5.74, 6) is 0.326. The summed E-state index contributed by atoms with van der Waals surface area (Å²) in [6.45, 7) is 11.7. The van der Waals surface area contributed by atoms with Crippen molar-refractivity contribution in [1.82, 2.24) is 24.8 Å². The van der Waals surface area contributed by atoms with Crippen LogP contribution in [0.2, 0.25) is 0 Å². The Labute approximate surface area is 213 Å². The fourth-order valence-corrected chi connectivity index (χ4v) is 4.87. The number of aryl methyl sites for hydroxylation is 1. The van der Waals surface area contributed by atoms with Gasteiger partial charge >= 0.3 is 0 Å². The van der Waals surface area contributed by atoms with Crippen molar-refractivity contribution in [1.29, 1.82) is 0 Å². The maximum absolute atomic E-state index is 13.7. The highest BCUT2D eigenvalue weighted by Crippen LogP contribution is 2.22. The first-order chi connectivity index (χ1) is 17.5. The van der Waals surface area contributed by atoms with E-state index in [1.165, 1.54) is 5.56 Å². The van der Waals surface area contributed by atoms with Gasteiger partial charge in [-0.15, -0.1) is 0 Å². The predicted octanol–water partition coefficient (Wildman–Crippen LogP) is 3.21. The van der Waals surface area contributed by atoms with E-state index in [2.05, 4.69) is 29.0 Å². The molecule has 1 saturated heterocycles. The molecular weight excluding hydrogens is 452 g/mol. The van der Waals surface area contributed by atoms with E-state index < -0.39 is 0 Å². The van der Waals surface area contributed by atoms with Crippen LogP contribution in [0.3, 0.4) is 0 Å². The van der Waals surface area contributed by atoms with Gasteiger partial charge in [-0.1, -0.05) is 43.7 Å². The van der Waals surface area contributed by atoms with E-state index in [0.29, 0.717) is 43.2 Å². The molecule has 0 radical (unpaired) electrons. The number of nitrogens with zero attached hydrogens (tertiary/aromatic N) is 5. The molecule has 1 unspecified atom stereocenters. The number of benzene rings is 1. The molecule has 0 aliphatic carbocycles. The molecule has 0 saturated carbocycles. The molecule has 1 amide bonds. The van der Waals surface area contributed by atoms with E-state index in [9.17, 15) is 9.59 Å². The van der Waals surface area contributed by atoms with Gasteiger partial charge in [0.1, 0.15) is 5.52 Å². The van der Waals surface area contributed by atoms with Crippen molar-refractivity contribution in [3.63, 3.8) is 0 Å². The van der Waals surface area contributed by atoms with E-state index in [4.69, 9.17) is 4.98 Å². The SMILES string of the molecule is CCN(CC)CCCNC(=O)C1CCCN(c2nc3cccnc3n(Cc3ccc(C)cc3)c2=O)C1. The second-order valence-electron chi connectivity index (χ2n) is 9.62. The van der Waals surface area contributed by atoms with Crippen LogP contribution >= 0.6 is 0 Å². The molecule has 1 N–H and O–H groups in total. The van der Waals surface area contributed by atoms with E-state index in [1.54, 1.807) is 10.8 Å². The van der Waals surface area contributed by atoms with Crippen molar-refractivity contribution in [3.05, 3.63) is 64.1 Å². The van der Waals surface area contributed by atoms with Crippen LogP contribution in [-0.2, 0) is 11.3 Å². The van der Waals surface area contributed by atoms with Crippen LogP contribution in [0.1, 0.15) is 44.2 Å². The van der Waals surface area contributed by atoms with Crippen molar-refractivity contribution in [2.75, 3.05) is 44.2 Å². The minimum Gasteiger partial charge on any atom is -0.356 e. The average molecular weight is 491 g/mol. The van der Waals surface area contributed by atoms with Gasteiger partial charge in [-0.05, 0) is 63.5 Å². The highest BCUT2D eigenvalue weighted by molar-refractivity contribution is 5.79. The number of aromatic nitrogens is 3. The summed E-state index contributed by atoms with van der Waals surface area (Å²) in [6.07, 6.45) is 4.30. The number of hydrogen-bond acceptors (Lipinski definition) is 6. The smallest absolute Gasteiger partial charge is 0.295 e. The van der Waals surface area contributed by atoms with Crippen LogP contribution in [-0.4, -0.2) is 64.6 Å². The van der Waals surface area contributed by atoms with Gasteiger partial charge in [-0.2, -0.15) is 0 Å². The van der Waals surface area contributed by atoms with Crippen molar-refractivity contribution in [2.45, 2.75) is 46.6 Å². The molecule has 36 heavy (non-hydrogen) atoms.